The maximum absolute atomic E-state index is 11.8. The highest BCUT2D eigenvalue weighted by atomic mass is 35.5. The molecule has 1 amide bonds. The van der Waals surface area contributed by atoms with Gasteiger partial charge in [-0.2, -0.15) is 11.8 Å². The number of hydrogen-bond acceptors (Lipinski definition) is 4. The molecule has 0 unspecified atom stereocenters. The first-order chi connectivity index (χ1) is 8.58. The van der Waals surface area contributed by atoms with Gasteiger partial charge < -0.3 is 15.8 Å². The summed E-state index contributed by atoms with van der Waals surface area (Å²) in [6, 6.07) is 5.06. The minimum absolute atomic E-state index is 0. The van der Waals surface area contributed by atoms with Crippen LogP contribution in [0.1, 0.15) is 12.0 Å². The molecule has 0 spiro atoms. The summed E-state index contributed by atoms with van der Waals surface area (Å²) in [5.41, 5.74) is 7.54. The van der Waals surface area contributed by atoms with Gasteiger partial charge in [0, 0.05) is 5.69 Å². The number of benzene rings is 1. The van der Waals surface area contributed by atoms with E-state index in [1.807, 2.05) is 31.4 Å². The number of carbonyl (C=O) groups excluding carboxylic acids is 1. The number of anilines is 1. The van der Waals surface area contributed by atoms with E-state index in [1.54, 1.807) is 18.9 Å². The van der Waals surface area contributed by atoms with Gasteiger partial charge >= 0.3 is 0 Å². The van der Waals surface area contributed by atoms with Crippen LogP contribution in [0.4, 0.5) is 5.69 Å². The van der Waals surface area contributed by atoms with Crippen LogP contribution in [0.15, 0.2) is 18.2 Å². The van der Waals surface area contributed by atoms with Crippen LogP contribution in [0.3, 0.4) is 0 Å². The van der Waals surface area contributed by atoms with Crippen molar-refractivity contribution in [3.05, 3.63) is 23.8 Å². The van der Waals surface area contributed by atoms with Crippen LogP contribution >= 0.6 is 24.2 Å². The lowest BCUT2D eigenvalue weighted by Crippen LogP contribution is -2.36. The highest BCUT2D eigenvalue weighted by molar-refractivity contribution is 7.98. The number of nitrogens with one attached hydrogen (secondary N) is 1. The summed E-state index contributed by atoms with van der Waals surface area (Å²) in [5, 5.41) is 2.84. The van der Waals surface area contributed by atoms with E-state index in [4.69, 9.17) is 10.5 Å². The Kier molecular flexibility index (Phi) is 8.63. The van der Waals surface area contributed by atoms with Gasteiger partial charge in [-0.15, -0.1) is 12.4 Å². The molecular weight excluding hydrogens is 284 g/mol. The molecule has 0 fully saturated rings. The highest BCUT2D eigenvalue weighted by Gasteiger charge is 2.13. The largest absolute Gasteiger partial charge is 0.497 e. The number of ether oxygens (including phenoxy) is 1. The first-order valence-corrected chi connectivity index (χ1v) is 7.18. The molecule has 1 atom stereocenters. The summed E-state index contributed by atoms with van der Waals surface area (Å²) in [6.07, 6.45) is 2.68. The standard InChI is InChI=1S/C13H20N2O2S.ClH/c1-9-8-10(17-2)4-5-12(9)15-13(16)11(14)6-7-18-3;/h4-5,8,11H,6-7,14H2,1-3H3,(H,15,16);1H/t11-;/m0./s1. The highest BCUT2D eigenvalue weighted by Crippen LogP contribution is 2.21. The van der Waals surface area contributed by atoms with E-state index < -0.39 is 6.04 Å². The average Bonchev–Trinajstić information content (AvgIpc) is 2.38. The van der Waals surface area contributed by atoms with Gasteiger partial charge in [0.25, 0.3) is 0 Å². The van der Waals surface area contributed by atoms with Crippen molar-refractivity contribution in [1.29, 1.82) is 0 Å². The molecule has 3 N–H and O–H groups in total. The third-order valence-corrected chi connectivity index (χ3v) is 3.31. The number of methoxy groups -OCH3 is 1. The first kappa shape index (κ1) is 18.1. The number of carbonyl (C=O) groups is 1. The van der Waals surface area contributed by atoms with Crippen LogP contribution in [-0.2, 0) is 4.79 Å². The fourth-order valence-corrected chi connectivity index (χ4v) is 1.99. The maximum atomic E-state index is 11.8. The zero-order valence-electron chi connectivity index (χ0n) is 11.4. The fourth-order valence-electron chi connectivity index (χ4n) is 1.50. The van der Waals surface area contributed by atoms with E-state index in [0.29, 0.717) is 6.42 Å². The number of thioether (sulfide) groups is 1. The van der Waals surface area contributed by atoms with Gasteiger partial charge in [-0.25, -0.2) is 0 Å². The van der Waals surface area contributed by atoms with Crippen molar-refractivity contribution in [2.75, 3.05) is 24.4 Å². The van der Waals surface area contributed by atoms with Gasteiger partial charge in [-0.1, -0.05) is 0 Å². The molecule has 108 valence electrons. The molecule has 0 heterocycles. The van der Waals surface area contributed by atoms with E-state index in [1.165, 1.54) is 0 Å². The third kappa shape index (κ3) is 5.72. The Balaban J connectivity index is 0.00000324. The van der Waals surface area contributed by atoms with Crippen molar-refractivity contribution < 1.29 is 9.53 Å². The first-order valence-electron chi connectivity index (χ1n) is 5.78. The average molecular weight is 305 g/mol. The molecule has 0 saturated heterocycles. The fraction of sp³-hybridized carbons (Fsp3) is 0.462. The zero-order chi connectivity index (χ0) is 13.5. The molecule has 1 aromatic rings. The molecular formula is C13H21ClN2O2S. The molecule has 1 aromatic carbocycles. The molecule has 0 saturated carbocycles. The Morgan fingerprint density at radius 2 is 2.21 bits per heavy atom. The lowest BCUT2D eigenvalue weighted by Gasteiger charge is -2.13. The quantitative estimate of drug-likeness (QED) is 0.847. The van der Waals surface area contributed by atoms with E-state index >= 15 is 0 Å². The second-order valence-electron chi connectivity index (χ2n) is 4.06. The SMILES string of the molecule is COc1ccc(NC(=O)[C@@H](N)CCSC)c(C)c1.Cl. The summed E-state index contributed by atoms with van der Waals surface area (Å²) in [5.74, 6) is 1.52. The predicted octanol–water partition coefficient (Wildman–Crippen LogP) is 2.44. The number of hydrogen-bond donors (Lipinski definition) is 2. The smallest absolute Gasteiger partial charge is 0.241 e. The van der Waals surface area contributed by atoms with Gasteiger partial charge in [0.2, 0.25) is 5.91 Å². The number of halogens is 1. The molecule has 19 heavy (non-hydrogen) atoms. The third-order valence-electron chi connectivity index (χ3n) is 2.66. The number of aryl methyl sites for hydroxylation is 1. The maximum Gasteiger partial charge on any atom is 0.241 e. The molecule has 6 heteroatoms. The van der Waals surface area contributed by atoms with E-state index in [-0.39, 0.29) is 18.3 Å². The molecule has 0 aromatic heterocycles. The van der Waals surface area contributed by atoms with Gasteiger partial charge in [0.05, 0.1) is 13.2 Å². The van der Waals surface area contributed by atoms with Crippen molar-refractivity contribution in [2.45, 2.75) is 19.4 Å². The van der Waals surface area contributed by atoms with Crippen LogP contribution in [0, 0.1) is 6.92 Å². The summed E-state index contributed by atoms with van der Waals surface area (Å²) >= 11 is 1.69. The second kappa shape index (κ2) is 9.07. The van der Waals surface area contributed by atoms with Crippen LogP contribution in [0.25, 0.3) is 0 Å². The Labute approximate surface area is 124 Å². The Morgan fingerprint density at radius 1 is 1.53 bits per heavy atom. The van der Waals surface area contributed by atoms with E-state index in [9.17, 15) is 4.79 Å². The van der Waals surface area contributed by atoms with Crippen molar-refractivity contribution in [1.82, 2.24) is 0 Å². The van der Waals surface area contributed by atoms with Crippen LogP contribution < -0.4 is 15.8 Å². The zero-order valence-corrected chi connectivity index (χ0v) is 13.1. The second-order valence-corrected chi connectivity index (χ2v) is 5.04. The number of rotatable bonds is 6. The van der Waals surface area contributed by atoms with Crippen molar-refractivity contribution in [2.24, 2.45) is 5.73 Å². The summed E-state index contributed by atoms with van der Waals surface area (Å²) in [4.78, 5) is 11.8. The molecule has 0 aliphatic heterocycles. The molecule has 4 nitrogen and oxygen atoms in total. The normalized spacial score (nSPS) is 11.4. The molecule has 0 bridgehead atoms. The van der Waals surface area contributed by atoms with Crippen LogP contribution in [-0.4, -0.2) is 31.1 Å². The Bertz CT molecular complexity index is 416. The number of amides is 1. The monoisotopic (exact) mass is 304 g/mol. The van der Waals surface area contributed by atoms with Gasteiger partial charge in [0.15, 0.2) is 0 Å². The number of nitrogens with two attached hydrogens (primary N) is 1. The molecule has 0 aliphatic carbocycles. The Morgan fingerprint density at radius 3 is 2.74 bits per heavy atom. The molecule has 0 aliphatic rings. The predicted molar refractivity (Wildman–Crippen MR) is 84.6 cm³/mol. The molecule has 1 rings (SSSR count). The van der Waals surface area contributed by atoms with Gasteiger partial charge in [-0.05, 0) is 49.1 Å². The summed E-state index contributed by atoms with van der Waals surface area (Å²) in [6.45, 7) is 1.92. The van der Waals surface area contributed by atoms with Crippen molar-refractivity contribution in [3.63, 3.8) is 0 Å². The molecule has 0 radical (unpaired) electrons. The van der Waals surface area contributed by atoms with Crippen LogP contribution in [0.2, 0.25) is 0 Å². The lowest BCUT2D eigenvalue weighted by molar-refractivity contribution is -0.117. The summed E-state index contributed by atoms with van der Waals surface area (Å²) in [7, 11) is 1.62. The van der Waals surface area contributed by atoms with Gasteiger partial charge in [0.1, 0.15) is 5.75 Å². The van der Waals surface area contributed by atoms with Crippen molar-refractivity contribution in [3.8, 4) is 5.75 Å². The topological polar surface area (TPSA) is 64.3 Å². The Hall–Kier alpha value is -0.910. The van der Waals surface area contributed by atoms with Crippen molar-refractivity contribution >= 4 is 35.8 Å². The minimum atomic E-state index is -0.459. The lowest BCUT2D eigenvalue weighted by atomic mass is 10.1. The van der Waals surface area contributed by atoms with Crippen LogP contribution in [0.5, 0.6) is 5.75 Å². The van der Waals surface area contributed by atoms with Gasteiger partial charge in [-0.3, -0.25) is 4.79 Å². The summed E-state index contributed by atoms with van der Waals surface area (Å²) < 4.78 is 5.12. The van der Waals surface area contributed by atoms with E-state index in [0.717, 1.165) is 22.8 Å². The van der Waals surface area contributed by atoms with E-state index in [2.05, 4.69) is 5.32 Å². The minimum Gasteiger partial charge on any atom is -0.497 e.